The summed E-state index contributed by atoms with van der Waals surface area (Å²) in [7, 11) is 0. The highest BCUT2D eigenvalue weighted by Crippen LogP contribution is 2.25. The maximum atomic E-state index is 6.13. The number of benzene rings is 1. The number of aromatic nitrogens is 1. The van der Waals surface area contributed by atoms with Gasteiger partial charge in [0, 0.05) is 23.1 Å². The van der Waals surface area contributed by atoms with Gasteiger partial charge >= 0.3 is 0 Å². The molecule has 86 valence electrons. The van der Waals surface area contributed by atoms with E-state index in [1.807, 2.05) is 25.3 Å². The van der Waals surface area contributed by atoms with Crippen molar-refractivity contribution in [2.75, 3.05) is 0 Å². The lowest BCUT2D eigenvalue weighted by Gasteiger charge is -2.10. The number of rotatable bonds is 3. The van der Waals surface area contributed by atoms with Crippen molar-refractivity contribution in [2.45, 2.75) is 19.4 Å². The Kier molecular flexibility index (Phi) is 4.16. The first-order chi connectivity index (χ1) is 7.18. The third-order valence-electron chi connectivity index (χ3n) is 2.59. The van der Waals surface area contributed by atoms with Crippen LogP contribution < -0.4 is 5.73 Å². The van der Waals surface area contributed by atoms with Gasteiger partial charge in [0.1, 0.15) is 0 Å². The smallest absolute Gasteiger partial charge is 0.0457 e. The highest BCUT2D eigenvalue weighted by molar-refractivity contribution is 5.85. The molecular formula is C13H17ClN2. The SMILES string of the molecule is C=C(C)C[C@@H](N)c1c[nH]c2ccccc12.Cl. The second-order valence-electron chi connectivity index (χ2n) is 4.06. The molecule has 0 saturated carbocycles. The van der Waals surface area contributed by atoms with Crippen molar-refractivity contribution in [3.63, 3.8) is 0 Å². The standard InChI is InChI=1S/C13H16N2.ClH/c1-9(2)7-12(14)11-8-15-13-6-4-3-5-10(11)13;/h3-6,8,12,15H,1,7,14H2,2H3;1H/t12-;/m1./s1. The molecule has 1 heterocycles. The van der Waals surface area contributed by atoms with E-state index in [1.165, 1.54) is 10.9 Å². The van der Waals surface area contributed by atoms with E-state index in [1.54, 1.807) is 0 Å². The molecule has 0 bridgehead atoms. The van der Waals surface area contributed by atoms with Crippen LogP contribution in [0, 0.1) is 0 Å². The Morgan fingerprint density at radius 3 is 2.81 bits per heavy atom. The van der Waals surface area contributed by atoms with E-state index in [-0.39, 0.29) is 18.4 Å². The predicted octanol–water partition coefficient (Wildman–Crippen LogP) is 3.56. The van der Waals surface area contributed by atoms with Crippen LogP contribution in [0.4, 0.5) is 0 Å². The Hall–Kier alpha value is -1.25. The van der Waals surface area contributed by atoms with Gasteiger partial charge in [0.2, 0.25) is 0 Å². The highest BCUT2D eigenvalue weighted by atomic mass is 35.5. The summed E-state index contributed by atoms with van der Waals surface area (Å²) in [5, 5.41) is 1.21. The number of hydrogen-bond donors (Lipinski definition) is 2. The number of fused-ring (bicyclic) bond motifs is 1. The molecule has 2 aromatic rings. The number of nitrogens with two attached hydrogens (primary N) is 1. The van der Waals surface area contributed by atoms with E-state index >= 15 is 0 Å². The minimum absolute atomic E-state index is 0. The summed E-state index contributed by atoms with van der Waals surface area (Å²) in [5.41, 5.74) is 9.56. The van der Waals surface area contributed by atoms with Gasteiger partial charge in [-0.1, -0.05) is 23.8 Å². The van der Waals surface area contributed by atoms with Gasteiger partial charge in [-0.25, -0.2) is 0 Å². The molecule has 0 aliphatic heterocycles. The first kappa shape index (κ1) is 12.8. The lowest BCUT2D eigenvalue weighted by atomic mass is 10.0. The summed E-state index contributed by atoms with van der Waals surface area (Å²) in [6.07, 6.45) is 2.83. The molecule has 3 heteroatoms. The Balaban J connectivity index is 0.00000128. The topological polar surface area (TPSA) is 41.8 Å². The molecular weight excluding hydrogens is 220 g/mol. The number of halogens is 1. The first-order valence-electron chi connectivity index (χ1n) is 5.14. The summed E-state index contributed by atoms with van der Waals surface area (Å²) in [4.78, 5) is 3.23. The number of H-pyrrole nitrogens is 1. The van der Waals surface area contributed by atoms with Gasteiger partial charge in [-0.15, -0.1) is 19.0 Å². The Morgan fingerprint density at radius 2 is 2.12 bits per heavy atom. The monoisotopic (exact) mass is 236 g/mol. The summed E-state index contributed by atoms with van der Waals surface area (Å²) in [6, 6.07) is 8.25. The number of nitrogens with one attached hydrogen (secondary N) is 1. The second-order valence-corrected chi connectivity index (χ2v) is 4.06. The van der Waals surface area contributed by atoms with E-state index in [9.17, 15) is 0 Å². The molecule has 1 aromatic carbocycles. The van der Waals surface area contributed by atoms with Gasteiger partial charge in [-0.3, -0.25) is 0 Å². The van der Waals surface area contributed by atoms with Crippen LogP contribution in [0.3, 0.4) is 0 Å². The fraction of sp³-hybridized carbons (Fsp3) is 0.231. The zero-order chi connectivity index (χ0) is 10.8. The molecule has 0 fully saturated rings. The fourth-order valence-electron chi connectivity index (χ4n) is 1.89. The van der Waals surface area contributed by atoms with Crippen LogP contribution in [0.25, 0.3) is 10.9 Å². The summed E-state index contributed by atoms with van der Waals surface area (Å²) in [6.45, 7) is 5.90. The Labute approximate surface area is 102 Å². The molecule has 0 aliphatic rings. The van der Waals surface area contributed by atoms with E-state index in [0.29, 0.717) is 0 Å². The predicted molar refractivity (Wildman–Crippen MR) is 71.9 cm³/mol. The molecule has 0 saturated heterocycles. The zero-order valence-corrected chi connectivity index (χ0v) is 10.2. The highest BCUT2D eigenvalue weighted by Gasteiger charge is 2.10. The van der Waals surface area contributed by atoms with Gasteiger partial charge in [0.05, 0.1) is 0 Å². The van der Waals surface area contributed by atoms with Crippen molar-refractivity contribution in [1.82, 2.24) is 4.98 Å². The largest absolute Gasteiger partial charge is 0.361 e. The number of para-hydroxylation sites is 1. The molecule has 0 aliphatic carbocycles. The molecule has 2 nitrogen and oxygen atoms in total. The van der Waals surface area contributed by atoms with Crippen molar-refractivity contribution in [3.8, 4) is 0 Å². The van der Waals surface area contributed by atoms with Crippen LogP contribution in [-0.2, 0) is 0 Å². The summed E-state index contributed by atoms with van der Waals surface area (Å²) in [5.74, 6) is 0. The van der Waals surface area contributed by atoms with Gasteiger partial charge in [0.15, 0.2) is 0 Å². The maximum Gasteiger partial charge on any atom is 0.0457 e. The van der Waals surface area contributed by atoms with Crippen molar-refractivity contribution in [2.24, 2.45) is 5.73 Å². The lowest BCUT2D eigenvalue weighted by molar-refractivity contribution is 0.723. The van der Waals surface area contributed by atoms with Crippen LogP contribution in [0.1, 0.15) is 24.9 Å². The minimum Gasteiger partial charge on any atom is -0.361 e. The average Bonchev–Trinajstić information content (AvgIpc) is 2.59. The third kappa shape index (κ3) is 2.46. The zero-order valence-electron chi connectivity index (χ0n) is 9.36. The Bertz CT molecular complexity index is 487. The van der Waals surface area contributed by atoms with E-state index < -0.39 is 0 Å². The molecule has 0 spiro atoms. The maximum absolute atomic E-state index is 6.13. The normalized spacial score (nSPS) is 12.1. The first-order valence-corrected chi connectivity index (χ1v) is 5.14. The van der Waals surface area contributed by atoms with E-state index in [0.717, 1.165) is 17.5 Å². The summed E-state index contributed by atoms with van der Waals surface area (Å²) >= 11 is 0. The van der Waals surface area contributed by atoms with Crippen molar-refractivity contribution < 1.29 is 0 Å². The van der Waals surface area contributed by atoms with Crippen LogP contribution in [0.15, 0.2) is 42.6 Å². The molecule has 16 heavy (non-hydrogen) atoms. The molecule has 0 amide bonds. The van der Waals surface area contributed by atoms with Crippen molar-refractivity contribution in [3.05, 3.63) is 48.2 Å². The molecule has 0 unspecified atom stereocenters. The van der Waals surface area contributed by atoms with Gasteiger partial charge in [-0.2, -0.15) is 0 Å². The van der Waals surface area contributed by atoms with Crippen LogP contribution in [0.5, 0.6) is 0 Å². The Morgan fingerprint density at radius 1 is 1.44 bits per heavy atom. The quantitative estimate of drug-likeness (QED) is 0.787. The molecule has 2 rings (SSSR count). The number of aromatic amines is 1. The second kappa shape index (κ2) is 5.19. The van der Waals surface area contributed by atoms with Crippen molar-refractivity contribution >= 4 is 23.3 Å². The minimum atomic E-state index is 0. The van der Waals surface area contributed by atoms with E-state index in [2.05, 4.69) is 23.7 Å². The number of hydrogen-bond acceptors (Lipinski definition) is 1. The molecule has 1 aromatic heterocycles. The average molecular weight is 237 g/mol. The van der Waals surface area contributed by atoms with Gasteiger partial charge in [0.25, 0.3) is 0 Å². The molecule has 1 atom stereocenters. The molecule has 0 radical (unpaired) electrons. The van der Waals surface area contributed by atoms with Crippen LogP contribution in [0.2, 0.25) is 0 Å². The van der Waals surface area contributed by atoms with E-state index in [4.69, 9.17) is 5.73 Å². The summed E-state index contributed by atoms with van der Waals surface area (Å²) < 4.78 is 0. The van der Waals surface area contributed by atoms with Gasteiger partial charge < -0.3 is 10.7 Å². The lowest BCUT2D eigenvalue weighted by Crippen LogP contribution is -2.09. The van der Waals surface area contributed by atoms with Crippen LogP contribution >= 0.6 is 12.4 Å². The molecule has 3 N–H and O–H groups in total. The van der Waals surface area contributed by atoms with Crippen molar-refractivity contribution in [1.29, 1.82) is 0 Å². The third-order valence-corrected chi connectivity index (χ3v) is 2.59. The van der Waals surface area contributed by atoms with Crippen LogP contribution in [-0.4, -0.2) is 4.98 Å². The van der Waals surface area contributed by atoms with Gasteiger partial charge in [-0.05, 0) is 25.0 Å². The fourth-order valence-corrected chi connectivity index (χ4v) is 1.89.